The van der Waals surface area contributed by atoms with Gasteiger partial charge in [0.2, 0.25) is 0 Å². The second kappa shape index (κ2) is 5.21. The highest BCUT2D eigenvalue weighted by molar-refractivity contribution is 9.08. The lowest BCUT2D eigenvalue weighted by Crippen LogP contribution is -2.05. The highest BCUT2D eigenvalue weighted by Crippen LogP contribution is 2.31. The van der Waals surface area contributed by atoms with Crippen molar-refractivity contribution >= 4 is 39.1 Å². The Kier molecular flexibility index (Phi) is 3.86. The fourth-order valence-corrected chi connectivity index (χ4v) is 2.93. The summed E-state index contributed by atoms with van der Waals surface area (Å²) >= 11 is 15.5. The van der Waals surface area contributed by atoms with E-state index in [-0.39, 0.29) is 5.56 Å². The molecule has 0 amide bonds. The molecule has 0 bridgehead atoms. The minimum absolute atomic E-state index is 0.247. The number of benzene rings is 1. The minimum Gasteiger partial charge on any atom is -0.268 e. The highest BCUT2D eigenvalue weighted by atomic mass is 79.9. The number of alkyl halides is 1. The van der Waals surface area contributed by atoms with Crippen molar-refractivity contribution in [3.8, 4) is 11.3 Å². The van der Waals surface area contributed by atoms with Crippen molar-refractivity contribution in [3.63, 3.8) is 0 Å². The van der Waals surface area contributed by atoms with Crippen LogP contribution in [0, 0.1) is 0 Å². The van der Waals surface area contributed by atoms with Gasteiger partial charge in [-0.15, -0.1) is 0 Å². The molecule has 2 aromatic rings. The van der Waals surface area contributed by atoms with Gasteiger partial charge in [-0.2, -0.15) is 5.10 Å². The van der Waals surface area contributed by atoms with Crippen LogP contribution in [-0.4, -0.2) is 10.2 Å². The Bertz CT molecular complexity index is 569. The van der Waals surface area contributed by atoms with E-state index in [1.165, 1.54) is 6.07 Å². The lowest BCUT2D eigenvalue weighted by atomic mass is 10.1. The van der Waals surface area contributed by atoms with Gasteiger partial charge in [0.25, 0.3) is 5.56 Å². The van der Waals surface area contributed by atoms with Gasteiger partial charge in [-0.1, -0.05) is 39.1 Å². The summed E-state index contributed by atoms with van der Waals surface area (Å²) in [5.74, 6) is 0. The summed E-state index contributed by atoms with van der Waals surface area (Å²) < 4.78 is 0. The second-order valence-electron chi connectivity index (χ2n) is 3.36. The maximum atomic E-state index is 10.9. The second-order valence-corrected chi connectivity index (χ2v) is 4.73. The average Bonchev–Trinajstić information content (AvgIpc) is 2.29. The van der Waals surface area contributed by atoms with E-state index in [1.807, 2.05) is 0 Å². The van der Waals surface area contributed by atoms with Crippen LogP contribution in [0.25, 0.3) is 11.3 Å². The van der Waals surface area contributed by atoms with Crippen molar-refractivity contribution in [2.75, 3.05) is 0 Å². The molecule has 0 saturated heterocycles. The molecule has 1 N–H and O–H groups in total. The number of rotatable bonds is 2. The number of H-pyrrole nitrogens is 1. The Hall–Kier alpha value is -0.840. The molecule has 2 rings (SSSR count). The van der Waals surface area contributed by atoms with Crippen LogP contribution in [0.15, 0.2) is 29.1 Å². The zero-order chi connectivity index (χ0) is 12.4. The fraction of sp³-hybridized carbons (Fsp3) is 0.0909. The number of hydrogen-bond acceptors (Lipinski definition) is 2. The van der Waals surface area contributed by atoms with Crippen molar-refractivity contribution in [2.24, 2.45) is 0 Å². The highest BCUT2D eigenvalue weighted by Gasteiger charge is 2.09. The number of hydrogen-bond donors (Lipinski definition) is 1. The molecule has 0 saturated carbocycles. The molecule has 0 atom stereocenters. The van der Waals surface area contributed by atoms with Crippen LogP contribution >= 0.6 is 39.1 Å². The number of nitrogens with zero attached hydrogens (tertiary/aromatic N) is 1. The van der Waals surface area contributed by atoms with Gasteiger partial charge in [-0.05, 0) is 23.8 Å². The van der Waals surface area contributed by atoms with Gasteiger partial charge in [0, 0.05) is 27.0 Å². The van der Waals surface area contributed by atoms with E-state index in [4.69, 9.17) is 23.2 Å². The predicted molar refractivity (Wildman–Crippen MR) is 72.9 cm³/mol. The molecule has 1 heterocycles. The van der Waals surface area contributed by atoms with Crippen molar-refractivity contribution in [3.05, 3.63) is 50.2 Å². The zero-order valence-corrected chi connectivity index (χ0v) is 11.6. The largest absolute Gasteiger partial charge is 0.268 e. The molecule has 0 aliphatic rings. The molecule has 6 heteroatoms. The normalized spacial score (nSPS) is 10.5. The molecule has 0 aliphatic carbocycles. The summed E-state index contributed by atoms with van der Waals surface area (Å²) in [5, 5.41) is 8.01. The minimum atomic E-state index is -0.247. The molecule has 0 aliphatic heterocycles. The Labute approximate surface area is 116 Å². The number of nitrogens with one attached hydrogen (secondary N) is 1. The van der Waals surface area contributed by atoms with Gasteiger partial charge in [0.05, 0.1) is 5.69 Å². The lowest BCUT2D eigenvalue weighted by molar-refractivity contribution is 0.995. The molecule has 17 heavy (non-hydrogen) atoms. The molecule has 1 aromatic carbocycles. The van der Waals surface area contributed by atoms with Gasteiger partial charge >= 0.3 is 0 Å². The summed E-state index contributed by atoms with van der Waals surface area (Å²) in [5.41, 5.74) is 1.97. The Balaban J connectivity index is 2.54. The third-order valence-corrected chi connectivity index (χ3v) is 3.48. The summed E-state index contributed by atoms with van der Waals surface area (Å²) in [6.45, 7) is 0. The Morgan fingerprint density at radius 1 is 1.24 bits per heavy atom. The molecule has 1 aromatic heterocycles. The zero-order valence-electron chi connectivity index (χ0n) is 8.51. The van der Waals surface area contributed by atoms with Crippen LogP contribution in [0.3, 0.4) is 0 Å². The molecule has 88 valence electrons. The van der Waals surface area contributed by atoms with E-state index in [0.717, 1.165) is 11.1 Å². The van der Waals surface area contributed by atoms with E-state index < -0.39 is 0 Å². The lowest BCUT2D eigenvalue weighted by Gasteiger charge is -2.07. The van der Waals surface area contributed by atoms with Crippen molar-refractivity contribution in [1.29, 1.82) is 0 Å². The van der Waals surface area contributed by atoms with Gasteiger partial charge in [-0.25, -0.2) is 5.10 Å². The topological polar surface area (TPSA) is 45.8 Å². The molecular formula is C11H7BrCl2N2O. The SMILES string of the molecule is O=c1ccc(-c2cc(Cl)c(CBr)c(Cl)c2)n[nH]1. The van der Waals surface area contributed by atoms with Crippen LogP contribution in [0.1, 0.15) is 5.56 Å². The summed E-state index contributed by atoms with van der Waals surface area (Å²) in [7, 11) is 0. The summed E-state index contributed by atoms with van der Waals surface area (Å²) in [6.07, 6.45) is 0. The molecule has 0 spiro atoms. The first kappa shape index (κ1) is 12.6. The van der Waals surface area contributed by atoms with Gasteiger partial charge in [0.15, 0.2) is 0 Å². The van der Waals surface area contributed by atoms with Crippen LogP contribution in [0.2, 0.25) is 10.0 Å². The third-order valence-electron chi connectivity index (χ3n) is 2.25. The first-order valence-corrected chi connectivity index (χ1v) is 6.59. The third kappa shape index (κ3) is 2.70. The Morgan fingerprint density at radius 2 is 1.88 bits per heavy atom. The van der Waals surface area contributed by atoms with Crippen molar-refractivity contribution in [2.45, 2.75) is 5.33 Å². The van der Waals surface area contributed by atoms with Gasteiger partial charge < -0.3 is 0 Å². The summed E-state index contributed by atoms with van der Waals surface area (Å²) in [6, 6.07) is 6.56. The number of aromatic nitrogens is 2. The standard InChI is InChI=1S/C11H7BrCl2N2O/c12-5-7-8(13)3-6(4-9(7)14)10-1-2-11(17)16-15-10/h1-4H,5H2,(H,16,17). The average molecular weight is 334 g/mol. The number of halogens is 3. The first-order valence-electron chi connectivity index (χ1n) is 4.72. The fourth-order valence-electron chi connectivity index (χ4n) is 1.38. The van der Waals surface area contributed by atoms with E-state index in [1.54, 1.807) is 18.2 Å². The first-order chi connectivity index (χ1) is 8.11. The van der Waals surface area contributed by atoms with Gasteiger partial charge in [0.1, 0.15) is 0 Å². The maximum absolute atomic E-state index is 10.9. The maximum Gasteiger partial charge on any atom is 0.264 e. The molecule has 0 radical (unpaired) electrons. The molecular weight excluding hydrogens is 327 g/mol. The van der Waals surface area contributed by atoms with E-state index >= 15 is 0 Å². The smallest absolute Gasteiger partial charge is 0.264 e. The van der Waals surface area contributed by atoms with Crippen LogP contribution in [-0.2, 0) is 5.33 Å². The van der Waals surface area contributed by atoms with Crippen LogP contribution in [0.5, 0.6) is 0 Å². The molecule has 3 nitrogen and oxygen atoms in total. The van der Waals surface area contributed by atoms with E-state index in [2.05, 4.69) is 26.1 Å². The van der Waals surface area contributed by atoms with Crippen LogP contribution in [0.4, 0.5) is 0 Å². The van der Waals surface area contributed by atoms with E-state index in [9.17, 15) is 4.79 Å². The van der Waals surface area contributed by atoms with Gasteiger partial charge in [-0.3, -0.25) is 4.79 Å². The van der Waals surface area contributed by atoms with Crippen molar-refractivity contribution < 1.29 is 0 Å². The summed E-state index contributed by atoms with van der Waals surface area (Å²) in [4.78, 5) is 10.9. The van der Waals surface area contributed by atoms with E-state index in [0.29, 0.717) is 21.1 Å². The quantitative estimate of drug-likeness (QED) is 0.853. The Morgan fingerprint density at radius 3 is 2.35 bits per heavy atom. The predicted octanol–water partition coefficient (Wildman–Crippen LogP) is 3.64. The van der Waals surface area contributed by atoms with Crippen LogP contribution < -0.4 is 5.56 Å². The molecule has 0 unspecified atom stereocenters. The monoisotopic (exact) mass is 332 g/mol. The van der Waals surface area contributed by atoms with Crippen molar-refractivity contribution in [1.82, 2.24) is 10.2 Å². The number of aromatic amines is 1. The molecule has 0 fully saturated rings.